The zero-order valence-corrected chi connectivity index (χ0v) is 9.33. The Labute approximate surface area is 94.8 Å². The molecule has 4 nitrogen and oxygen atoms in total. The number of nitrogen functional groups attached to an aromatic ring is 1. The number of nitrogens with two attached hydrogens (primary N) is 1. The summed E-state index contributed by atoms with van der Waals surface area (Å²) < 4.78 is 4.62. The fraction of sp³-hybridized carbons (Fsp3) is 0.250. The minimum Gasteiger partial charge on any atom is -0.465 e. The zero-order valence-electron chi connectivity index (χ0n) is 9.33. The van der Waals surface area contributed by atoms with Crippen LogP contribution in [0.1, 0.15) is 15.9 Å². The Hall–Kier alpha value is -1.99. The molecule has 0 atom stereocenters. The number of esters is 1. The summed E-state index contributed by atoms with van der Waals surface area (Å²) in [7, 11) is 3.14. The number of ether oxygens (including phenoxy) is 1. The number of rotatable bonds is 2. The fourth-order valence-electron chi connectivity index (χ4n) is 1.16. The van der Waals surface area contributed by atoms with Gasteiger partial charge in [0.2, 0.25) is 0 Å². The number of methoxy groups -OCH3 is 1. The quantitative estimate of drug-likeness (QED) is 0.434. The van der Waals surface area contributed by atoms with Crippen LogP contribution in [0.4, 0.5) is 5.69 Å². The summed E-state index contributed by atoms with van der Waals surface area (Å²) in [5.41, 5.74) is 7.14. The van der Waals surface area contributed by atoms with Crippen molar-refractivity contribution in [2.45, 2.75) is 0 Å². The number of carbonyl (C=O) groups excluding carboxylic acids is 1. The van der Waals surface area contributed by atoms with E-state index in [0.29, 0.717) is 17.8 Å². The number of hydrogen-bond donors (Lipinski definition) is 2. The largest absolute Gasteiger partial charge is 0.465 e. The predicted octanol–water partition coefficient (Wildman–Crippen LogP) is 0.626. The number of nitrogens with one attached hydrogen (secondary N) is 1. The van der Waals surface area contributed by atoms with Crippen molar-refractivity contribution in [1.82, 2.24) is 5.32 Å². The molecule has 0 unspecified atom stereocenters. The second kappa shape index (κ2) is 5.79. The lowest BCUT2D eigenvalue weighted by Gasteiger charge is -2.03. The SMILES string of the molecule is CNCC#Cc1ccc(N)c(C(=O)OC)c1. The van der Waals surface area contributed by atoms with Gasteiger partial charge in [0, 0.05) is 11.3 Å². The molecule has 0 aliphatic carbocycles. The van der Waals surface area contributed by atoms with E-state index in [9.17, 15) is 4.79 Å². The summed E-state index contributed by atoms with van der Waals surface area (Å²) >= 11 is 0. The van der Waals surface area contributed by atoms with E-state index >= 15 is 0 Å². The van der Waals surface area contributed by atoms with Gasteiger partial charge in [-0.15, -0.1) is 0 Å². The Morgan fingerprint density at radius 1 is 1.56 bits per heavy atom. The van der Waals surface area contributed by atoms with Crippen molar-refractivity contribution < 1.29 is 9.53 Å². The number of hydrogen-bond acceptors (Lipinski definition) is 4. The lowest BCUT2D eigenvalue weighted by atomic mass is 10.1. The Kier molecular flexibility index (Phi) is 4.37. The summed E-state index contributed by atoms with van der Waals surface area (Å²) in [6.07, 6.45) is 0. The van der Waals surface area contributed by atoms with E-state index in [1.807, 2.05) is 7.05 Å². The maximum atomic E-state index is 11.4. The molecule has 0 aliphatic rings. The minimum atomic E-state index is -0.449. The van der Waals surface area contributed by atoms with Crippen LogP contribution < -0.4 is 11.1 Å². The van der Waals surface area contributed by atoms with Crippen molar-refractivity contribution in [2.24, 2.45) is 0 Å². The van der Waals surface area contributed by atoms with Crippen molar-refractivity contribution in [3.05, 3.63) is 29.3 Å². The van der Waals surface area contributed by atoms with Gasteiger partial charge >= 0.3 is 5.97 Å². The second-order valence-corrected chi connectivity index (χ2v) is 3.13. The lowest BCUT2D eigenvalue weighted by Crippen LogP contribution is -2.06. The third-order valence-corrected chi connectivity index (χ3v) is 1.96. The van der Waals surface area contributed by atoms with Crippen LogP contribution in [0.25, 0.3) is 0 Å². The fourth-order valence-corrected chi connectivity index (χ4v) is 1.16. The summed E-state index contributed by atoms with van der Waals surface area (Å²) in [6.45, 7) is 0.595. The van der Waals surface area contributed by atoms with E-state index in [1.165, 1.54) is 7.11 Å². The van der Waals surface area contributed by atoms with E-state index in [2.05, 4.69) is 21.9 Å². The molecule has 0 fully saturated rings. The van der Waals surface area contributed by atoms with Crippen LogP contribution in [0.2, 0.25) is 0 Å². The first kappa shape index (κ1) is 12.1. The summed E-state index contributed by atoms with van der Waals surface area (Å²) in [5.74, 6) is 5.37. The third-order valence-electron chi connectivity index (χ3n) is 1.96. The number of anilines is 1. The molecular weight excluding hydrogens is 204 g/mol. The Morgan fingerprint density at radius 3 is 2.94 bits per heavy atom. The molecule has 1 rings (SSSR count). The number of carbonyl (C=O) groups is 1. The molecule has 0 spiro atoms. The van der Waals surface area contributed by atoms with Gasteiger partial charge in [0.1, 0.15) is 0 Å². The normalized spacial score (nSPS) is 9.12. The summed E-state index contributed by atoms with van der Waals surface area (Å²) in [4.78, 5) is 11.4. The molecule has 1 aromatic rings. The molecule has 0 aromatic heterocycles. The van der Waals surface area contributed by atoms with E-state index in [0.717, 1.165) is 5.56 Å². The molecular formula is C12H14N2O2. The van der Waals surface area contributed by atoms with Gasteiger partial charge in [0.15, 0.2) is 0 Å². The van der Waals surface area contributed by atoms with Crippen molar-refractivity contribution in [3.8, 4) is 11.8 Å². The van der Waals surface area contributed by atoms with Gasteiger partial charge in [-0.2, -0.15) is 0 Å². The second-order valence-electron chi connectivity index (χ2n) is 3.13. The van der Waals surface area contributed by atoms with Crippen LogP contribution in [0, 0.1) is 11.8 Å². The molecule has 0 amide bonds. The molecule has 0 radical (unpaired) electrons. The number of benzene rings is 1. The first-order chi connectivity index (χ1) is 7.69. The van der Waals surface area contributed by atoms with E-state index in [1.54, 1.807) is 18.2 Å². The molecule has 84 valence electrons. The van der Waals surface area contributed by atoms with Crippen LogP contribution in [-0.2, 0) is 4.74 Å². The summed E-state index contributed by atoms with van der Waals surface area (Å²) in [5, 5.41) is 2.91. The highest BCUT2D eigenvalue weighted by Gasteiger charge is 2.09. The Morgan fingerprint density at radius 2 is 2.31 bits per heavy atom. The summed E-state index contributed by atoms with van der Waals surface area (Å²) in [6, 6.07) is 5.05. The van der Waals surface area contributed by atoms with Gasteiger partial charge in [-0.1, -0.05) is 11.8 Å². The average Bonchev–Trinajstić information content (AvgIpc) is 2.30. The zero-order chi connectivity index (χ0) is 12.0. The van der Waals surface area contributed by atoms with Gasteiger partial charge < -0.3 is 15.8 Å². The maximum absolute atomic E-state index is 11.4. The van der Waals surface area contributed by atoms with Gasteiger partial charge in [-0.05, 0) is 25.2 Å². The Balaban J connectivity index is 2.99. The predicted molar refractivity (Wildman–Crippen MR) is 63.0 cm³/mol. The monoisotopic (exact) mass is 218 g/mol. The van der Waals surface area contributed by atoms with Crippen molar-refractivity contribution in [1.29, 1.82) is 0 Å². The van der Waals surface area contributed by atoms with Crippen LogP contribution in [0.5, 0.6) is 0 Å². The average molecular weight is 218 g/mol. The molecule has 3 N–H and O–H groups in total. The molecule has 0 saturated carbocycles. The highest BCUT2D eigenvalue weighted by Crippen LogP contribution is 2.14. The maximum Gasteiger partial charge on any atom is 0.339 e. The smallest absolute Gasteiger partial charge is 0.339 e. The standard InChI is InChI=1S/C12H14N2O2/c1-14-7-3-4-9-5-6-11(13)10(8-9)12(15)16-2/h5-6,8,14H,7,13H2,1-2H3. The molecule has 4 heteroatoms. The first-order valence-corrected chi connectivity index (χ1v) is 4.80. The van der Waals surface area contributed by atoms with E-state index < -0.39 is 5.97 Å². The van der Waals surface area contributed by atoms with Crippen LogP contribution >= 0.6 is 0 Å². The third kappa shape index (κ3) is 3.01. The molecule has 0 saturated heterocycles. The van der Waals surface area contributed by atoms with Crippen LogP contribution in [0.15, 0.2) is 18.2 Å². The molecule has 0 heterocycles. The van der Waals surface area contributed by atoms with Crippen molar-refractivity contribution >= 4 is 11.7 Å². The topological polar surface area (TPSA) is 64.3 Å². The Bertz CT molecular complexity index is 444. The van der Waals surface area contributed by atoms with Gasteiger partial charge in [0.25, 0.3) is 0 Å². The first-order valence-electron chi connectivity index (χ1n) is 4.80. The van der Waals surface area contributed by atoms with Crippen molar-refractivity contribution in [2.75, 3.05) is 26.4 Å². The molecule has 16 heavy (non-hydrogen) atoms. The molecule has 0 aliphatic heterocycles. The van der Waals surface area contributed by atoms with Crippen LogP contribution in [-0.4, -0.2) is 26.7 Å². The van der Waals surface area contributed by atoms with E-state index in [-0.39, 0.29) is 0 Å². The van der Waals surface area contributed by atoms with E-state index in [4.69, 9.17) is 5.73 Å². The van der Waals surface area contributed by atoms with Crippen molar-refractivity contribution in [3.63, 3.8) is 0 Å². The molecule has 0 bridgehead atoms. The van der Waals surface area contributed by atoms with Crippen LogP contribution in [0.3, 0.4) is 0 Å². The molecule has 1 aromatic carbocycles. The highest BCUT2D eigenvalue weighted by molar-refractivity contribution is 5.95. The van der Waals surface area contributed by atoms with Gasteiger partial charge in [-0.25, -0.2) is 4.79 Å². The lowest BCUT2D eigenvalue weighted by molar-refractivity contribution is 0.0602. The van der Waals surface area contributed by atoms with Gasteiger partial charge in [0.05, 0.1) is 19.2 Å². The van der Waals surface area contributed by atoms with Gasteiger partial charge in [-0.3, -0.25) is 0 Å². The highest BCUT2D eigenvalue weighted by atomic mass is 16.5. The minimum absolute atomic E-state index is 0.346.